The molecule has 2 amide bonds. The topological polar surface area (TPSA) is 58.2 Å². The summed E-state index contributed by atoms with van der Waals surface area (Å²) in [7, 11) is 0. The number of rotatable bonds is 4. The van der Waals surface area contributed by atoms with Gasteiger partial charge in [-0.1, -0.05) is 33.6 Å². The zero-order valence-electron chi connectivity index (χ0n) is 12.7. The van der Waals surface area contributed by atoms with Crippen molar-refractivity contribution < 1.29 is 9.59 Å². The van der Waals surface area contributed by atoms with Gasteiger partial charge in [0, 0.05) is 10.0 Å². The van der Waals surface area contributed by atoms with Crippen molar-refractivity contribution in [3.05, 3.63) is 62.6 Å². The number of nitrogens with one attached hydrogen (secondary N) is 2. The normalized spacial score (nSPS) is 10.3. The minimum absolute atomic E-state index is 0.126. The number of aryl methyl sites for hydroxylation is 2. The molecule has 120 valence electrons. The van der Waals surface area contributed by atoms with E-state index in [4.69, 9.17) is 11.6 Å². The molecule has 0 bridgehead atoms. The lowest BCUT2D eigenvalue weighted by Gasteiger charge is -2.12. The second-order valence-corrected chi connectivity index (χ2v) is 6.50. The van der Waals surface area contributed by atoms with Gasteiger partial charge in [-0.2, -0.15) is 0 Å². The molecule has 0 unspecified atom stereocenters. The third-order valence-electron chi connectivity index (χ3n) is 3.21. The Labute approximate surface area is 148 Å². The second kappa shape index (κ2) is 7.62. The fraction of sp³-hybridized carbons (Fsp3) is 0.176. The summed E-state index contributed by atoms with van der Waals surface area (Å²) in [5.74, 6) is -0.635. The number of benzene rings is 2. The van der Waals surface area contributed by atoms with Crippen LogP contribution in [0.5, 0.6) is 0 Å². The maximum atomic E-state index is 12.0. The van der Waals surface area contributed by atoms with Crippen LogP contribution >= 0.6 is 27.5 Å². The summed E-state index contributed by atoms with van der Waals surface area (Å²) in [5.41, 5.74) is 2.96. The lowest BCUT2D eigenvalue weighted by molar-refractivity contribution is -0.115. The minimum Gasteiger partial charge on any atom is -0.343 e. The average Bonchev–Trinajstić information content (AvgIpc) is 2.49. The number of halogens is 2. The summed E-state index contributed by atoms with van der Waals surface area (Å²) >= 11 is 9.45. The molecule has 0 heterocycles. The Hall–Kier alpha value is -1.85. The van der Waals surface area contributed by atoms with Gasteiger partial charge >= 0.3 is 0 Å². The standard InChI is InChI=1S/C17H16BrClN2O2/c1-10-7-11(2)16(14(19)8-10)21-15(22)9-20-17(23)12-3-5-13(18)6-4-12/h3-8H,9H2,1-2H3,(H,20,23)(H,21,22). The first-order valence-corrected chi connectivity index (χ1v) is 8.14. The third-order valence-corrected chi connectivity index (χ3v) is 4.04. The van der Waals surface area contributed by atoms with Crippen LogP contribution in [-0.4, -0.2) is 18.4 Å². The van der Waals surface area contributed by atoms with Gasteiger partial charge < -0.3 is 10.6 Å². The van der Waals surface area contributed by atoms with Crippen molar-refractivity contribution in [3.63, 3.8) is 0 Å². The SMILES string of the molecule is Cc1cc(C)c(NC(=O)CNC(=O)c2ccc(Br)cc2)c(Cl)c1. The Bertz CT molecular complexity index is 722. The number of anilines is 1. The number of amides is 2. The molecule has 0 aliphatic heterocycles. The van der Waals surface area contributed by atoms with Crippen LogP contribution in [0.2, 0.25) is 5.02 Å². The molecule has 0 fully saturated rings. The predicted octanol–water partition coefficient (Wildman–Crippen LogP) is 4.09. The lowest BCUT2D eigenvalue weighted by Crippen LogP contribution is -2.33. The first kappa shape index (κ1) is 17.5. The molecular weight excluding hydrogens is 380 g/mol. The van der Waals surface area contributed by atoms with Crippen LogP contribution in [0, 0.1) is 13.8 Å². The van der Waals surface area contributed by atoms with Crippen LogP contribution in [0.25, 0.3) is 0 Å². The number of hydrogen-bond acceptors (Lipinski definition) is 2. The summed E-state index contributed by atoms with van der Waals surface area (Å²) in [4.78, 5) is 24.0. The summed E-state index contributed by atoms with van der Waals surface area (Å²) < 4.78 is 0.885. The number of hydrogen-bond donors (Lipinski definition) is 2. The van der Waals surface area contributed by atoms with E-state index in [2.05, 4.69) is 26.6 Å². The maximum Gasteiger partial charge on any atom is 0.251 e. The van der Waals surface area contributed by atoms with Crippen LogP contribution < -0.4 is 10.6 Å². The molecule has 0 saturated heterocycles. The van der Waals surface area contributed by atoms with E-state index in [1.807, 2.05) is 19.9 Å². The smallest absolute Gasteiger partial charge is 0.251 e. The maximum absolute atomic E-state index is 12.0. The Morgan fingerprint density at radius 3 is 2.39 bits per heavy atom. The van der Waals surface area contributed by atoms with E-state index < -0.39 is 0 Å². The number of carbonyl (C=O) groups is 2. The Morgan fingerprint density at radius 1 is 1.13 bits per heavy atom. The van der Waals surface area contributed by atoms with Gasteiger partial charge in [0.1, 0.15) is 0 Å². The Kier molecular flexibility index (Phi) is 5.80. The van der Waals surface area contributed by atoms with E-state index in [0.717, 1.165) is 15.6 Å². The Morgan fingerprint density at radius 2 is 1.78 bits per heavy atom. The van der Waals surface area contributed by atoms with Crippen molar-refractivity contribution in [3.8, 4) is 0 Å². The highest BCUT2D eigenvalue weighted by molar-refractivity contribution is 9.10. The molecule has 0 aliphatic carbocycles. The molecule has 0 saturated carbocycles. The van der Waals surface area contributed by atoms with E-state index in [9.17, 15) is 9.59 Å². The predicted molar refractivity (Wildman–Crippen MR) is 96.0 cm³/mol. The Balaban J connectivity index is 1.95. The van der Waals surface area contributed by atoms with Crippen molar-refractivity contribution in [2.24, 2.45) is 0 Å². The first-order chi connectivity index (χ1) is 10.9. The molecule has 0 atom stereocenters. The summed E-state index contributed by atoms with van der Waals surface area (Å²) in [5, 5.41) is 5.79. The van der Waals surface area contributed by atoms with Crippen molar-refractivity contribution >= 4 is 45.0 Å². The fourth-order valence-corrected chi connectivity index (χ4v) is 2.75. The molecule has 0 radical (unpaired) electrons. The molecule has 0 aromatic heterocycles. The lowest BCUT2D eigenvalue weighted by atomic mass is 10.1. The molecule has 2 N–H and O–H groups in total. The van der Waals surface area contributed by atoms with Crippen molar-refractivity contribution in [1.29, 1.82) is 0 Å². The van der Waals surface area contributed by atoms with E-state index in [0.29, 0.717) is 16.3 Å². The van der Waals surface area contributed by atoms with Gasteiger partial charge in [-0.15, -0.1) is 0 Å². The highest BCUT2D eigenvalue weighted by Gasteiger charge is 2.11. The number of carbonyl (C=O) groups excluding carboxylic acids is 2. The minimum atomic E-state index is -0.329. The molecule has 0 aliphatic rings. The quantitative estimate of drug-likeness (QED) is 0.819. The fourth-order valence-electron chi connectivity index (χ4n) is 2.12. The summed E-state index contributed by atoms with van der Waals surface area (Å²) in [6, 6.07) is 10.6. The van der Waals surface area contributed by atoms with Gasteiger partial charge in [-0.05, 0) is 55.3 Å². The van der Waals surface area contributed by atoms with Crippen LogP contribution in [-0.2, 0) is 4.79 Å². The zero-order valence-corrected chi connectivity index (χ0v) is 15.1. The molecule has 0 spiro atoms. The van der Waals surface area contributed by atoms with Gasteiger partial charge in [0.25, 0.3) is 5.91 Å². The molecular formula is C17H16BrClN2O2. The van der Waals surface area contributed by atoms with Crippen LogP contribution in [0.15, 0.2) is 40.9 Å². The molecule has 23 heavy (non-hydrogen) atoms. The van der Waals surface area contributed by atoms with Crippen molar-refractivity contribution in [1.82, 2.24) is 5.32 Å². The van der Waals surface area contributed by atoms with E-state index in [-0.39, 0.29) is 18.4 Å². The first-order valence-electron chi connectivity index (χ1n) is 6.97. The van der Waals surface area contributed by atoms with E-state index in [1.165, 1.54) is 0 Å². The summed E-state index contributed by atoms with van der Waals surface area (Å²) in [6.07, 6.45) is 0. The largest absolute Gasteiger partial charge is 0.343 e. The van der Waals surface area contributed by atoms with Gasteiger partial charge in [-0.25, -0.2) is 0 Å². The average molecular weight is 396 g/mol. The van der Waals surface area contributed by atoms with Crippen LogP contribution in [0.3, 0.4) is 0 Å². The second-order valence-electron chi connectivity index (χ2n) is 5.18. The molecule has 6 heteroatoms. The van der Waals surface area contributed by atoms with Gasteiger partial charge in [-0.3, -0.25) is 9.59 Å². The highest BCUT2D eigenvalue weighted by Crippen LogP contribution is 2.27. The molecule has 2 aromatic rings. The molecule has 2 rings (SSSR count). The van der Waals surface area contributed by atoms with Gasteiger partial charge in [0.2, 0.25) is 5.91 Å². The van der Waals surface area contributed by atoms with Crippen LogP contribution in [0.1, 0.15) is 21.5 Å². The molecule has 2 aromatic carbocycles. The third kappa shape index (κ3) is 4.81. The zero-order chi connectivity index (χ0) is 17.0. The van der Waals surface area contributed by atoms with Gasteiger partial charge in [0.15, 0.2) is 0 Å². The van der Waals surface area contributed by atoms with Crippen LogP contribution in [0.4, 0.5) is 5.69 Å². The molecule has 4 nitrogen and oxygen atoms in total. The summed E-state index contributed by atoms with van der Waals surface area (Å²) in [6.45, 7) is 3.68. The van der Waals surface area contributed by atoms with Crippen molar-refractivity contribution in [2.75, 3.05) is 11.9 Å². The van der Waals surface area contributed by atoms with Crippen molar-refractivity contribution in [2.45, 2.75) is 13.8 Å². The van der Waals surface area contributed by atoms with E-state index >= 15 is 0 Å². The van der Waals surface area contributed by atoms with E-state index in [1.54, 1.807) is 30.3 Å². The van der Waals surface area contributed by atoms with Gasteiger partial charge in [0.05, 0.1) is 17.3 Å². The highest BCUT2D eigenvalue weighted by atomic mass is 79.9. The monoisotopic (exact) mass is 394 g/mol.